The van der Waals surface area contributed by atoms with Crippen LogP contribution >= 0.6 is 0 Å². The Morgan fingerprint density at radius 1 is 0.750 bits per heavy atom. The van der Waals surface area contributed by atoms with Crippen LogP contribution in [0.1, 0.15) is 63.0 Å². The molecule has 5 amide bonds. The Labute approximate surface area is 233 Å². The molecular formula is C29H37N5O6. The predicted molar refractivity (Wildman–Crippen MR) is 149 cm³/mol. The van der Waals surface area contributed by atoms with Crippen molar-refractivity contribution in [3.8, 4) is 0 Å². The molecule has 0 aliphatic rings. The van der Waals surface area contributed by atoms with Crippen LogP contribution in [0.5, 0.6) is 0 Å². The molecule has 2 atom stereocenters. The van der Waals surface area contributed by atoms with E-state index in [4.69, 9.17) is 5.73 Å². The molecule has 0 aliphatic heterocycles. The van der Waals surface area contributed by atoms with E-state index in [0.29, 0.717) is 11.1 Å². The second-order valence-electron chi connectivity index (χ2n) is 10.7. The summed E-state index contributed by atoms with van der Waals surface area (Å²) in [4.78, 5) is 74.3. The standard InChI is InChI=1S/C29H37N5O6/c1-17(31-25(38)29(5,6)34-27(30)40)24(37)33-28(3,4)26(39)32-22(18(2)35)16-19-12-14-21(15-13-19)23(36)20-10-8-7-9-11-20/h7-15,17,22H,16H2,1-6H3,(H,31,38)(H,32,39)(H,33,37)(H3,30,34,40). The number of Topliss-reactive ketones (excluding diaryl/α,β-unsaturated/α-hetero) is 1. The van der Waals surface area contributed by atoms with Gasteiger partial charge in [0.1, 0.15) is 17.1 Å². The Bertz CT molecular complexity index is 1270. The van der Waals surface area contributed by atoms with Gasteiger partial charge in [0.15, 0.2) is 11.6 Å². The smallest absolute Gasteiger partial charge is 0.313 e. The SMILES string of the molecule is CC(=O)C(Cc1ccc(C(=O)c2ccccc2)cc1)NC(=O)C(C)(C)NC(=O)C(C)NC(=O)C(C)(C)NC(N)=O. The highest BCUT2D eigenvalue weighted by Crippen LogP contribution is 2.14. The number of nitrogens with two attached hydrogens (primary N) is 1. The quantitative estimate of drug-likeness (QED) is 0.249. The average molecular weight is 552 g/mol. The van der Waals surface area contributed by atoms with Gasteiger partial charge in [0.05, 0.1) is 6.04 Å². The Kier molecular flexibility index (Phi) is 10.3. The van der Waals surface area contributed by atoms with Gasteiger partial charge < -0.3 is 27.0 Å². The second-order valence-corrected chi connectivity index (χ2v) is 10.7. The monoisotopic (exact) mass is 551 g/mol. The van der Waals surface area contributed by atoms with E-state index < -0.39 is 46.9 Å². The van der Waals surface area contributed by atoms with Gasteiger partial charge in [-0.2, -0.15) is 0 Å². The zero-order valence-corrected chi connectivity index (χ0v) is 23.6. The number of primary amides is 1. The first-order valence-corrected chi connectivity index (χ1v) is 12.7. The predicted octanol–water partition coefficient (Wildman–Crippen LogP) is 1.38. The van der Waals surface area contributed by atoms with Crippen LogP contribution in [0, 0.1) is 0 Å². The average Bonchev–Trinajstić information content (AvgIpc) is 2.87. The molecule has 2 rings (SSSR count). The number of amides is 5. The third kappa shape index (κ3) is 8.75. The fourth-order valence-corrected chi connectivity index (χ4v) is 3.70. The lowest BCUT2D eigenvalue weighted by atomic mass is 9.97. The molecular weight excluding hydrogens is 514 g/mol. The number of nitrogens with one attached hydrogen (secondary N) is 4. The van der Waals surface area contributed by atoms with Crippen LogP contribution in [0.15, 0.2) is 54.6 Å². The molecule has 0 spiro atoms. The highest BCUT2D eigenvalue weighted by atomic mass is 16.2. The molecule has 214 valence electrons. The molecule has 40 heavy (non-hydrogen) atoms. The normalized spacial score (nSPS) is 12.8. The van der Waals surface area contributed by atoms with Gasteiger partial charge in [-0.3, -0.25) is 24.0 Å². The summed E-state index contributed by atoms with van der Waals surface area (Å²) in [5, 5.41) is 10.0. The summed E-state index contributed by atoms with van der Waals surface area (Å²) in [7, 11) is 0. The second kappa shape index (κ2) is 13.0. The fraction of sp³-hybridized carbons (Fsp3) is 0.379. The molecule has 2 aromatic carbocycles. The highest BCUT2D eigenvalue weighted by molar-refractivity contribution is 6.09. The third-order valence-electron chi connectivity index (χ3n) is 6.24. The largest absolute Gasteiger partial charge is 0.352 e. The number of benzene rings is 2. The van der Waals surface area contributed by atoms with E-state index in [-0.39, 0.29) is 18.0 Å². The van der Waals surface area contributed by atoms with Crippen molar-refractivity contribution in [3.05, 3.63) is 71.3 Å². The van der Waals surface area contributed by atoms with Crippen LogP contribution in [-0.4, -0.2) is 58.5 Å². The Morgan fingerprint density at radius 3 is 1.77 bits per heavy atom. The maximum absolute atomic E-state index is 13.1. The number of ketones is 2. The van der Waals surface area contributed by atoms with E-state index in [1.807, 2.05) is 6.07 Å². The van der Waals surface area contributed by atoms with Crippen molar-refractivity contribution in [1.29, 1.82) is 0 Å². The maximum Gasteiger partial charge on any atom is 0.313 e. The Balaban J connectivity index is 2.02. The number of carbonyl (C=O) groups is 6. The first-order valence-electron chi connectivity index (χ1n) is 12.7. The number of urea groups is 1. The summed E-state index contributed by atoms with van der Waals surface area (Å²) in [6.45, 7) is 8.55. The lowest BCUT2D eigenvalue weighted by Gasteiger charge is -2.30. The molecule has 11 nitrogen and oxygen atoms in total. The van der Waals surface area contributed by atoms with Crippen molar-refractivity contribution in [2.75, 3.05) is 0 Å². The van der Waals surface area contributed by atoms with Crippen molar-refractivity contribution in [3.63, 3.8) is 0 Å². The Hall–Kier alpha value is -4.54. The third-order valence-corrected chi connectivity index (χ3v) is 6.24. The number of rotatable bonds is 12. The first kappa shape index (κ1) is 31.7. The molecule has 0 aliphatic carbocycles. The first-order chi connectivity index (χ1) is 18.5. The minimum Gasteiger partial charge on any atom is -0.352 e. The molecule has 2 aromatic rings. The van der Waals surface area contributed by atoms with Crippen molar-refractivity contribution in [2.45, 2.75) is 71.1 Å². The van der Waals surface area contributed by atoms with Crippen LogP contribution in [0.3, 0.4) is 0 Å². The van der Waals surface area contributed by atoms with E-state index in [2.05, 4.69) is 21.3 Å². The van der Waals surface area contributed by atoms with E-state index in [1.54, 1.807) is 48.5 Å². The molecule has 0 fully saturated rings. The Morgan fingerprint density at radius 2 is 1.25 bits per heavy atom. The molecule has 0 bridgehead atoms. The van der Waals surface area contributed by atoms with Crippen molar-refractivity contribution in [1.82, 2.24) is 21.3 Å². The number of hydrogen-bond donors (Lipinski definition) is 5. The molecule has 6 N–H and O–H groups in total. The van der Waals surface area contributed by atoms with Gasteiger partial charge in [0, 0.05) is 11.1 Å². The van der Waals surface area contributed by atoms with Crippen molar-refractivity contribution in [2.24, 2.45) is 5.73 Å². The zero-order valence-electron chi connectivity index (χ0n) is 23.6. The zero-order chi connectivity index (χ0) is 30.3. The van der Waals surface area contributed by atoms with Crippen molar-refractivity contribution < 1.29 is 28.8 Å². The molecule has 0 saturated carbocycles. The number of carbonyl (C=O) groups excluding carboxylic acids is 6. The topological polar surface area (TPSA) is 177 Å². The lowest BCUT2D eigenvalue weighted by molar-refractivity contribution is -0.136. The van der Waals surface area contributed by atoms with Crippen LogP contribution in [-0.2, 0) is 25.6 Å². The van der Waals surface area contributed by atoms with E-state index >= 15 is 0 Å². The summed E-state index contributed by atoms with van der Waals surface area (Å²) in [5.74, 6) is -2.32. The van der Waals surface area contributed by atoms with Crippen LogP contribution < -0.4 is 27.0 Å². The molecule has 0 heterocycles. The van der Waals surface area contributed by atoms with Gasteiger partial charge in [-0.05, 0) is 53.5 Å². The van der Waals surface area contributed by atoms with Crippen LogP contribution in [0.25, 0.3) is 0 Å². The molecule has 0 saturated heterocycles. The molecule has 11 heteroatoms. The maximum atomic E-state index is 13.1. The lowest BCUT2D eigenvalue weighted by Crippen LogP contribution is -2.63. The summed E-state index contributed by atoms with van der Waals surface area (Å²) in [6, 6.07) is 12.8. The van der Waals surface area contributed by atoms with Crippen LogP contribution in [0.4, 0.5) is 4.79 Å². The van der Waals surface area contributed by atoms with Crippen LogP contribution in [0.2, 0.25) is 0 Å². The summed E-state index contributed by atoms with van der Waals surface area (Å²) < 4.78 is 0. The minimum atomic E-state index is -1.43. The van der Waals surface area contributed by atoms with E-state index in [1.165, 1.54) is 41.5 Å². The fourth-order valence-electron chi connectivity index (χ4n) is 3.70. The highest BCUT2D eigenvalue weighted by Gasteiger charge is 2.35. The van der Waals surface area contributed by atoms with Crippen molar-refractivity contribution >= 4 is 35.3 Å². The van der Waals surface area contributed by atoms with Gasteiger partial charge in [0.2, 0.25) is 17.7 Å². The van der Waals surface area contributed by atoms with E-state index in [9.17, 15) is 28.8 Å². The summed E-state index contributed by atoms with van der Waals surface area (Å²) in [5.41, 5.74) is 4.07. The van der Waals surface area contributed by atoms with Gasteiger partial charge >= 0.3 is 6.03 Å². The van der Waals surface area contributed by atoms with Gasteiger partial charge in [0.25, 0.3) is 0 Å². The minimum absolute atomic E-state index is 0.126. The van der Waals surface area contributed by atoms with Gasteiger partial charge in [-0.25, -0.2) is 4.79 Å². The molecule has 2 unspecified atom stereocenters. The molecule has 0 aromatic heterocycles. The summed E-state index contributed by atoms with van der Waals surface area (Å²) >= 11 is 0. The molecule has 0 radical (unpaired) electrons. The van der Waals surface area contributed by atoms with Gasteiger partial charge in [-0.15, -0.1) is 0 Å². The number of hydrogen-bond acceptors (Lipinski definition) is 6. The summed E-state index contributed by atoms with van der Waals surface area (Å²) in [6.07, 6.45) is 0.180. The van der Waals surface area contributed by atoms with Gasteiger partial charge in [-0.1, -0.05) is 54.6 Å². The van der Waals surface area contributed by atoms with E-state index in [0.717, 1.165) is 5.56 Å².